The maximum absolute atomic E-state index is 11.1. The molecule has 1 aliphatic rings. The molecule has 1 rings (SSSR count). The van der Waals surface area contributed by atoms with Crippen molar-refractivity contribution in [3.05, 3.63) is 12.2 Å². The summed E-state index contributed by atoms with van der Waals surface area (Å²) < 4.78 is 3.00. The Morgan fingerprint density at radius 1 is 1.60 bits per heavy atom. The number of hydrogen-bond acceptors (Lipinski definition) is 3. The number of carbonyl (C=O) groups is 1. The number of aliphatic hydroxyl groups excluding tert-OH is 1. The Hall–Kier alpha value is -0.160. The topological polar surface area (TPSA) is 58.6 Å². The van der Waals surface area contributed by atoms with Crippen LogP contribution in [0.15, 0.2) is 12.2 Å². The third-order valence-corrected chi connectivity index (χ3v) is 2.11. The Morgan fingerprint density at radius 2 is 2.27 bits per heavy atom. The molecule has 0 aliphatic heterocycles. The van der Waals surface area contributed by atoms with E-state index in [0.717, 1.165) is 0 Å². The van der Waals surface area contributed by atoms with Crippen LogP contribution < -0.4 is 5.32 Å². The number of alkyl carbamates (subject to hydrolysis) is 1. The second kappa shape index (κ2) is 5.25. The number of rotatable bonds is 2. The Bertz CT molecular complexity index is 264. The molecule has 0 fully saturated rings. The summed E-state index contributed by atoms with van der Waals surface area (Å²) in [5.41, 5.74) is 0. The SMILES string of the molecule is O=C(N[C@@H]1C=CC[C@H]1O)OCC(Cl)(Cl)Cl. The van der Waals surface area contributed by atoms with E-state index in [2.05, 4.69) is 10.1 Å². The van der Waals surface area contributed by atoms with E-state index in [0.29, 0.717) is 6.42 Å². The predicted octanol–water partition coefficient (Wildman–Crippen LogP) is 1.77. The van der Waals surface area contributed by atoms with Crippen LogP contribution in [-0.2, 0) is 4.74 Å². The smallest absolute Gasteiger partial charge is 0.407 e. The summed E-state index contributed by atoms with van der Waals surface area (Å²) in [5.74, 6) is 0. The van der Waals surface area contributed by atoms with Gasteiger partial charge in [0.25, 0.3) is 0 Å². The molecule has 7 heteroatoms. The average Bonchev–Trinajstić information content (AvgIpc) is 2.47. The molecule has 0 bridgehead atoms. The van der Waals surface area contributed by atoms with Crippen LogP contribution in [0.5, 0.6) is 0 Å². The Kier molecular flexibility index (Phi) is 4.52. The van der Waals surface area contributed by atoms with Crippen molar-refractivity contribution in [2.75, 3.05) is 6.61 Å². The predicted molar refractivity (Wildman–Crippen MR) is 58.3 cm³/mol. The van der Waals surface area contributed by atoms with Crippen molar-refractivity contribution in [2.45, 2.75) is 22.4 Å². The molecule has 2 N–H and O–H groups in total. The van der Waals surface area contributed by atoms with Crippen LogP contribution >= 0.6 is 34.8 Å². The van der Waals surface area contributed by atoms with Crippen molar-refractivity contribution in [3.8, 4) is 0 Å². The molecule has 0 radical (unpaired) electrons. The molecule has 0 saturated carbocycles. The highest BCUT2D eigenvalue weighted by molar-refractivity contribution is 6.67. The summed E-state index contributed by atoms with van der Waals surface area (Å²) in [7, 11) is 0. The highest BCUT2D eigenvalue weighted by Gasteiger charge is 2.25. The lowest BCUT2D eigenvalue weighted by Crippen LogP contribution is -2.40. The largest absolute Gasteiger partial charge is 0.445 e. The maximum atomic E-state index is 11.1. The lowest BCUT2D eigenvalue weighted by molar-refractivity contribution is 0.123. The number of alkyl halides is 3. The summed E-state index contributed by atoms with van der Waals surface area (Å²) in [6.45, 7) is -0.337. The second-order valence-corrected chi connectivity index (χ2v) is 5.61. The van der Waals surface area contributed by atoms with E-state index in [4.69, 9.17) is 34.8 Å². The van der Waals surface area contributed by atoms with Gasteiger partial charge >= 0.3 is 6.09 Å². The number of nitrogens with one attached hydrogen (secondary N) is 1. The minimum Gasteiger partial charge on any atom is -0.445 e. The number of carbonyl (C=O) groups excluding carboxylic acids is 1. The van der Waals surface area contributed by atoms with Crippen LogP contribution in [0.3, 0.4) is 0 Å². The molecule has 0 heterocycles. The molecular weight excluding hydrogens is 264 g/mol. The molecule has 86 valence electrons. The van der Waals surface area contributed by atoms with Crippen molar-refractivity contribution in [2.24, 2.45) is 0 Å². The van der Waals surface area contributed by atoms with Gasteiger partial charge in [-0.2, -0.15) is 0 Å². The minimum atomic E-state index is -1.62. The molecule has 1 amide bonds. The molecule has 0 spiro atoms. The average molecular weight is 275 g/mol. The maximum Gasteiger partial charge on any atom is 0.407 e. The van der Waals surface area contributed by atoms with Gasteiger partial charge in [0, 0.05) is 0 Å². The van der Waals surface area contributed by atoms with Gasteiger partial charge in [-0.1, -0.05) is 47.0 Å². The van der Waals surface area contributed by atoms with E-state index >= 15 is 0 Å². The zero-order valence-corrected chi connectivity index (χ0v) is 9.89. The van der Waals surface area contributed by atoms with Gasteiger partial charge in [0.2, 0.25) is 3.79 Å². The highest BCUT2D eigenvalue weighted by atomic mass is 35.6. The Labute approximate surface area is 102 Å². The summed E-state index contributed by atoms with van der Waals surface area (Å²) in [5, 5.41) is 11.8. The van der Waals surface area contributed by atoms with Crippen LogP contribution in [0.1, 0.15) is 6.42 Å². The molecule has 0 aromatic rings. The summed E-state index contributed by atoms with van der Waals surface area (Å²) in [6.07, 6.45) is 2.61. The number of halogens is 3. The van der Waals surface area contributed by atoms with Gasteiger partial charge in [-0.3, -0.25) is 0 Å². The first-order valence-electron chi connectivity index (χ1n) is 4.23. The van der Waals surface area contributed by atoms with Crippen molar-refractivity contribution >= 4 is 40.9 Å². The summed E-state index contributed by atoms with van der Waals surface area (Å²) >= 11 is 16.2. The van der Waals surface area contributed by atoms with E-state index in [9.17, 15) is 9.90 Å². The molecule has 15 heavy (non-hydrogen) atoms. The zero-order valence-electron chi connectivity index (χ0n) is 7.62. The van der Waals surface area contributed by atoms with E-state index in [1.807, 2.05) is 0 Å². The van der Waals surface area contributed by atoms with Crippen molar-refractivity contribution < 1.29 is 14.6 Å². The van der Waals surface area contributed by atoms with Gasteiger partial charge in [-0.15, -0.1) is 0 Å². The fourth-order valence-electron chi connectivity index (χ4n) is 1.11. The Balaban J connectivity index is 2.27. The van der Waals surface area contributed by atoms with Gasteiger partial charge in [0.1, 0.15) is 6.61 Å². The lowest BCUT2D eigenvalue weighted by Gasteiger charge is -2.17. The van der Waals surface area contributed by atoms with Crippen LogP contribution in [0.25, 0.3) is 0 Å². The van der Waals surface area contributed by atoms with Crippen molar-refractivity contribution in [1.29, 1.82) is 0 Å². The molecule has 2 atom stereocenters. The lowest BCUT2D eigenvalue weighted by atomic mass is 10.2. The van der Waals surface area contributed by atoms with Crippen molar-refractivity contribution in [1.82, 2.24) is 5.32 Å². The zero-order chi connectivity index (χ0) is 11.5. The fraction of sp³-hybridized carbons (Fsp3) is 0.625. The van der Waals surface area contributed by atoms with Crippen LogP contribution in [-0.4, -0.2) is 33.7 Å². The number of aliphatic hydroxyl groups is 1. The summed E-state index contributed by atoms with van der Waals surface area (Å²) in [6, 6.07) is -0.437. The van der Waals surface area contributed by atoms with E-state index in [1.165, 1.54) is 0 Å². The number of amides is 1. The first kappa shape index (κ1) is 12.9. The second-order valence-electron chi connectivity index (χ2n) is 3.09. The first-order valence-corrected chi connectivity index (χ1v) is 5.36. The van der Waals surface area contributed by atoms with Gasteiger partial charge in [0.05, 0.1) is 12.1 Å². The van der Waals surface area contributed by atoms with E-state index in [1.54, 1.807) is 12.2 Å². The van der Waals surface area contributed by atoms with Crippen LogP contribution in [0, 0.1) is 0 Å². The van der Waals surface area contributed by atoms with Crippen LogP contribution in [0.2, 0.25) is 0 Å². The number of ether oxygens (including phenoxy) is 1. The van der Waals surface area contributed by atoms with Gasteiger partial charge in [-0.05, 0) is 6.42 Å². The Morgan fingerprint density at radius 3 is 2.73 bits per heavy atom. The third-order valence-electron chi connectivity index (χ3n) is 1.79. The molecule has 0 saturated heterocycles. The molecule has 0 aromatic carbocycles. The van der Waals surface area contributed by atoms with E-state index < -0.39 is 22.0 Å². The van der Waals surface area contributed by atoms with Gasteiger partial charge < -0.3 is 15.2 Å². The van der Waals surface area contributed by atoms with Crippen LogP contribution in [0.4, 0.5) is 4.79 Å². The minimum absolute atomic E-state index is 0.337. The van der Waals surface area contributed by atoms with Gasteiger partial charge in [0.15, 0.2) is 0 Å². The first-order chi connectivity index (χ1) is 6.88. The third kappa shape index (κ3) is 4.93. The molecule has 1 aliphatic carbocycles. The standard InChI is InChI=1S/C8H10Cl3NO3/c9-8(10,11)4-15-7(14)12-5-2-1-3-6(5)13/h1-2,5-6,13H,3-4H2,(H,12,14)/t5-,6-/m1/s1. The number of hydrogen-bond donors (Lipinski definition) is 2. The normalized spacial score (nSPS) is 25.3. The monoisotopic (exact) mass is 273 g/mol. The van der Waals surface area contributed by atoms with E-state index in [-0.39, 0.29) is 6.61 Å². The highest BCUT2D eigenvalue weighted by Crippen LogP contribution is 2.25. The quantitative estimate of drug-likeness (QED) is 0.596. The fourth-order valence-corrected chi connectivity index (χ4v) is 1.27. The van der Waals surface area contributed by atoms with Crippen molar-refractivity contribution in [3.63, 3.8) is 0 Å². The molecule has 4 nitrogen and oxygen atoms in total. The molecule has 0 aromatic heterocycles. The molecule has 0 unspecified atom stereocenters. The van der Waals surface area contributed by atoms with Gasteiger partial charge in [-0.25, -0.2) is 4.79 Å². The molecular formula is C8H10Cl3NO3. The summed E-state index contributed by atoms with van der Waals surface area (Å²) in [4.78, 5) is 11.1.